The van der Waals surface area contributed by atoms with Crippen molar-refractivity contribution in [1.82, 2.24) is 9.55 Å². The van der Waals surface area contributed by atoms with Crippen LogP contribution >= 0.6 is 23.1 Å². The van der Waals surface area contributed by atoms with E-state index in [0.717, 1.165) is 16.8 Å². The summed E-state index contributed by atoms with van der Waals surface area (Å²) in [7, 11) is 1.60. The number of carbonyl (C=O) groups excluding carboxylic acids is 1. The Morgan fingerprint density at radius 3 is 2.84 bits per heavy atom. The topological polar surface area (TPSA) is 73.2 Å². The number of nitrogens with one attached hydrogen (secondary N) is 1. The highest BCUT2D eigenvalue weighted by molar-refractivity contribution is 7.99. The molecule has 0 fully saturated rings. The number of thioether (sulfide) groups is 1. The second kappa shape index (κ2) is 9.36. The zero-order chi connectivity index (χ0) is 21.8. The monoisotopic (exact) mass is 451 g/mol. The van der Waals surface area contributed by atoms with Crippen LogP contribution in [0.3, 0.4) is 0 Å². The van der Waals surface area contributed by atoms with Crippen LogP contribution in [0.5, 0.6) is 5.75 Å². The maximum Gasteiger partial charge on any atom is 0.272 e. The third kappa shape index (κ3) is 4.81. The lowest BCUT2D eigenvalue weighted by Gasteiger charge is -2.14. The molecule has 4 rings (SSSR count). The number of carbonyl (C=O) groups is 1. The lowest BCUT2D eigenvalue weighted by molar-refractivity contribution is -0.113. The molecule has 1 amide bonds. The summed E-state index contributed by atoms with van der Waals surface area (Å²) in [6.45, 7) is 2.28. The molecule has 0 spiro atoms. The normalized spacial score (nSPS) is 10.9. The second-order valence-corrected chi connectivity index (χ2v) is 8.80. The standard InChI is InChI=1S/C23H21N3O3S2/c1-15-6-5-8-17(12-15)24-20(27)14-31-23-25-18-10-11-30-21(18)22(28)26(23)13-16-7-3-4-9-19(16)29-2/h3-12H,13-14H2,1-2H3,(H,24,27). The Kier molecular flexibility index (Phi) is 6.39. The van der Waals surface area contributed by atoms with Gasteiger partial charge in [-0.05, 0) is 42.1 Å². The molecule has 4 aromatic rings. The van der Waals surface area contributed by atoms with Crippen molar-refractivity contribution < 1.29 is 9.53 Å². The number of thiophene rings is 1. The van der Waals surface area contributed by atoms with Crippen LogP contribution in [-0.4, -0.2) is 28.3 Å². The van der Waals surface area contributed by atoms with E-state index in [-0.39, 0.29) is 17.2 Å². The number of aromatic nitrogens is 2. The fourth-order valence-electron chi connectivity index (χ4n) is 3.23. The molecule has 2 heterocycles. The van der Waals surface area contributed by atoms with Crippen LogP contribution in [0, 0.1) is 6.92 Å². The van der Waals surface area contributed by atoms with Crippen molar-refractivity contribution in [1.29, 1.82) is 0 Å². The number of benzene rings is 2. The van der Waals surface area contributed by atoms with Gasteiger partial charge in [-0.2, -0.15) is 0 Å². The lowest BCUT2D eigenvalue weighted by atomic mass is 10.2. The van der Waals surface area contributed by atoms with Crippen LogP contribution in [0.15, 0.2) is 69.9 Å². The molecule has 0 saturated carbocycles. The number of amides is 1. The molecule has 0 aliphatic rings. The molecule has 0 bridgehead atoms. The quantitative estimate of drug-likeness (QED) is 0.330. The van der Waals surface area contributed by atoms with Gasteiger partial charge >= 0.3 is 0 Å². The summed E-state index contributed by atoms with van der Waals surface area (Å²) in [5.74, 6) is 0.690. The molecular formula is C23H21N3O3S2. The van der Waals surface area contributed by atoms with E-state index < -0.39 is 0 Å². The van der Waals surface area contributed by atoms with Crippen LogP contribution in [0.4, 0.5) is 5.69 Å². The number of rotatable bonds is 7. The summed E-state index contributed by atoms with van der Waals surface area (Å²) in [6, 6.07) is 17.0. The Balaban J connectivity index is 1.61. The van der Waals surface area contributed by atoms with Gasteiger partial charge in [-0.1, -0.05) is 42.1 Å². The SMILES string of the molecule is COc1ccccc1Cn1c(SCC(=O)Nc2cccc(C)c2)nc2ccsc2c1=O. The van der Waals surface area contributed by atoms with Gasteiger partial charge in [0.2, 0.25) is 5.91 Å². The predicted molar refractivity (Wildman–Crippen MR) is 127 cm³/mol. The van der Waals surface area contributed by atoms with E-state index in [0.29, 0.717) is 27.7 Å². The minimum atomic E-state index is -0.154. The molecule has 2 aromatic heterocycles. The van der Waals surface area contributed by atoms with Crippen LogP contribution in [0.25, 0.3) is 10.2 Å². The predicted octanol–water partition coefficient (Wildman–Crippen LogP) is 4.55. The molecule has 1 N–H and O–H groups in total. The van der Waals surface area contributed by atoms with Gasteiger partial charge in [-0.15, -0.1) is 11.3 Å². The molecule has 0 radical (unpaired) electrons. The Morgan fingerprint density at radius 2 is 2.03 bits per heavy atom. The van der Waals surface area contributed by atoms with Gasteiger partial charge in [0, 0.05) is 11.3 Å². The smallest absolute Gasteiger partial charge is 0.272 e. The highest BCUT2D eigenvalue weighted by Gasteiger charge is 2.16. The van der Waals surface area contributed by atoms with Gasteiger partial charge < -0.3 is 10.1 Å². The van der Waals surface area contributed by atoms with Crippen molar-refractivity contribution in [2.45, 2.75) is 18.6 Å². The first kappa shape index (κ1) is 21.1. The maximum atomic E-state index is 13.2. The Hall–Kier alpha value is -3.10. The van der Waals surface area contributed by atoms with Gasteiger partial charge in [-0.3, -0.25) is 14.2 Å². The summed E-state index contributed by atoms with van der Waals surface area (Å²) in [6.07, 6.45) is 0. The molecule has 6 nitrogen and oxygen atoms in total. The molecule has 2 aromatic carbocycles. The number of nitrogens with zero attached hydrogens (tertiary/aromatic N) is 2. The third-order valence-electron chi connectivity index (χ3n) is 4.69. The zero-order valence-electron chi connectivity index (χ0n) is 17.1. The first-order valence-corrected chi connectivity index (χ1v) is 11.5. The Morgan fingerprint density at radius 1 is 1.19 bits per heavy atom. The fraction of sp³-hybridized carbons (Fsp3) is 0.174. The fourth-order valence-corrected chi connectivity index (χ4v) is 4.80. The van der Waals surface area contributed by atoms with Crippen molar-refractivity contribution in [2.75, 3.05) is 18.2 Å². The number of hydrogen-bond acceptors (Lipinski definition) is 6. The zero-order valence-corrected chi connectivity index (χ0v) is 18.8. The van der Waals surface area contributed by atoms with Crippen molar-refractivity contribution in [3.63, 3.8) is 0 Å². The van der Waals surface area contributed by atoms with Gasteiger partial charge in [0.15, 0.2) is 5.16 Å². The van der Waals surface area contributed by atoms with E-state index in [1.54, 1.807) is 11.7 Å². The van der Waals surface area contributed by atoms with Crippen LogP contribution in [0.1, 0.15) is 11.1 Å². The molecule has 0 saturated heterocycles. The van der Waals surface area contributed by atoms with E-state index >= 15 is 0 Å². The molecule has 0 aliphatic carbocycles. The molecule has 31 heavy (non-hydrogen) atoms. The minimum Gasteiger partial charge on any atom is -0.496 e. The summed E-state index contributed by atoms with van der Waals surface area (Å²) in [5, 5.41) is 5.25. The van der Waals surface area contributed by atoms with E-state index in [2.05, 4.69) is 10.3 Å². The molecule has 8 heteroatoms. The number of fused-ring (bicyclic) bond motifs is 1. The van der Waals surface area contributed by atoms with E-state index in [1.807, 2.05) is 66.9 Å². The highest BCUT2D eigenvalue weighted by Crippen LogP contribution is 2.24. The number of anilines is 1. The van der Waals surface area contributed by atoms with Crippen molar-refractivity contribution in [2.24, 2.45) is 0 Å². The minimum absolute atomic E-state index is 0.118. The van der Waals surface area contributed by atoms with Crippen LogP contribution < -0.4 is 15.6 Å². The maximum absolute atomic E-state index is 13.2. The van der Waals surface area contributed by atoms with E-state index in [1.165, 1.54) is 23.1 Å². The average Bonchev–Trinajstić information content (AvgIpc) is 3.24. The largest absolute Gasteiger partial charge is 0.496 e. The average molecular weight is 452 g/mol. The number of ether oxygens (including phenoxy) is 1. The lowest BCUT2D eigenvalue weighted by Crippen LogP contribution is -2.24. The van der Waals surface area contributed by atoms with Crippen molar-refractivity contribution in [3.05, 3.63) is 81.5 Å². The van der Waals surface area contributed by atoms with Crippen LogP contribution in [-0.2, 0) is 11.3 Å². The number of aryl methyl sites for hydroxylation is 1. The second-order valence-electron chi connectivity index (χ2n) is 6.94. The molecule has 0 atom stereocenters. The highest BCUT2D eigenvalue weighted by atomic mass is 32.2. The first-order chi connectivity index (χ1) is 15.0. The Labute approximate surface area is 187 Å². The molecule has 158 valence electrons. The summed E-state index contributed by atoms with van der Waals surface area (Å²) in [5.41, 5.74) is 3.22. The first-order valence-electron chi connectivity index (χ1n) is 9.64. The third-order valence-corrected chi connectivity index (χ3v) is 6.55. The van der Waals surface area contributed by atoms with Gasteiger partial charge in [-0.25, -0.2) is 4.98 Å². The molecular weight excluding hydrogens is 430 g/mol. The summed E-state index contributed by atoms with van der Waals surface area (Å²) < 4.78 is 7.65. The number of hydrogen-bond donors (Lipinski definition) is 1. The number of methoxy groups -OCH3 is 1. The molecule has 0 aliphatic heterocycles. The number of para-hydroxylation sites is 1. The van der Waals surface area contributed by atoms with Gasteiger partial charge in [0.25, 0.3) is 5.56 Å². The summed E-state index contributed by atoms with van der Waals surface area (Å²) >= 11 is 2.62. The Bertz CT molecular complexity index is 1300. The van der Waals surface area contributed by atoms with Gasteiger partial charge in [0.05, 0.1) is 24.9 Å². The molecule has 0 unspecified atom stereocenters. The van der Waals surface area contributed by atoms with Crippen molar-refractivity contribution >= 4 is 44.9 Å². The summed E-state index contributed by atoms with van der Waals surface area (Å²) in [4.78, 5) is 30.3. The van der Waals surface area contributed by atoms with Gasteiger partial charge in [0.1, 0.15) is 10.4 Å². The van der Waals surface area contributed by atoms with Crippen molar-refractivity contribution in [3.8, 4) is 5.75 Å². The van der Waals surface area contributed by atoms with E-state index in [4.69, 9.17) is 4.74 Å². The van der Waals surface area contributed by atoms with E-state index in [9.17, 15) is 9.59 Å². The van der Waals surface area contributed by atoms with Crippen LogP contribution in [0.2, 0.25) is 0 Å².